The Kier molecular flexibility index (Phi) is 4.29. The van der Waals surface area contributed by atoms with E-state index in [1.54, 1.807) is 6.92 Å². The van der Waals surface area contributed by atoms with Crippen molar-refractivity contribution in [3.63, 3.8) is 0 Å². The van der Waals surface area contributed by atoms with E-state index in [9.17, 15) is 18.0 Å². The van der Waals surface area contributed by atoms with Crippen LogP contribution >= 0.6 is 0 Å². The Morgan fingerprint density at radius 1 is 1.24 bits per heavy atom. The van der Waals surface area contributed by atoms with Crippen LogP contribution in [0.1, 0.15) is 13.3 Å². The summed E-state index contributed by atoms with van der Waals surface area (Å²) < 4.78 is 25.8. The maximum atomic E-state index is 11.8. The van der Waals surface area contributed by atoms with Crippen LogP contribution in [0.25, 0.3) is 0 Å². The molecule has 3 N–H and O–H groups in total. The van der Waals surface area contributed by atoms with Gasteiger partial charge in [-0.1, -0.05) is 6.92 Å². The molecule has 8 heteroatoms. The van der Waals surface area contributed by atoms with Gasteiger partial charge in [0.05, 0.1) is 16.7 Å². The van der Waals surface area contributed by atoms with Crippen molar-refractivity contribution in [2.75, 3.05) is 11.9 Å². The van der Waals surface area contributed by atoms with Gasteiger partial charge < -0.3 is 10.4 Å². The molecule has 0 bridgehead atoms. The number of amides is 1. The number of anilines is 1. The minimum Gasteiger partial charge on any atom is -0.481 e. The minimum atomic E-state index is -3.52. The van der Waals surface area contributed by atoms with E-state index in [0.717, 1.165) is 0 Å². The average Bonchev–Trinajstić information content (AvgIpc) is 3.19. The number of aliphatic carboxylic acids is 1. The van der Waals surface area contributed by atoms with E-state index in [1.807, 2.05) is 0 Å². The molecule has 1 amide bonds. The van der Waals surface area contributed by atoms with Gasteiger partial charge >= 0.3 is 5.97 Å². The maximum Gasteiger partial charge on any atom is 0.307 e. The van der Waals surface area contributed by atoms with Crippen LogP contribution in [0, 0.1) is 11.8 Å². The number of nitrogens with one attached hydrogen (secondary N) is 2. The number of benzene rings is 1. The van der Waals surface area contributed by atoms with Crippen LogP contribution in [-0.2, 0) is 19.6 Å². The molecule has 1 fully saturated rings. The second kappa shape index (κ2) is 5.82. The van der Waals surface area contributed by atoms with Gasteiger partial charge in [0.1, 0.15) is 0 Å². The van der Waals surface area contributed by atoms with Crippen LogP contribution in [0.3, 0.4) is 0 Å². The number of carboxylic acid groups (broad SMARTS) is 1. The third-order valence-electron chi connectivity index (χ3n) is 3.21. The normalized spacial score (nSPS) is 20.8. The number of hydrogen-bond acceptors (Lipinski definition) is 4. The van der Waals surface area contributed by atoms with E-state index in [4.69, 9.17) is 5.11 Å². The van der Waals surface area contributed by atoms with Crippen LogP contribution in [0.15, 0.2) is 29.2 Å². The third kappa shape index (κ3) is 3.59. The molecule has 0 unspecified atom stereocenters. The first-order chi connectivity index (χ1) is 9.85. The first-order valence-corrected chi connectivity index (χ1v) is 7.97. The van der Waals surface area contributed by atoms with Crippen molar-refractivity contribution in [2.45, 2.75) is 18.2 Å². The molecule has 7 nitrogen and oxygen atoms in total. The summed E-state index contributed by atoms with van der Waals surface area (Å²) in [7, 11) is -3.52. The molecule has 0 radical (unpaired) electrons. The Bertz CT molecular complexity index is 654. The van der Waals surface area contributed by atoms with Gasteiger partial charge in [0.15, 0.2) is 0 Å². The lowest BCUT2D eigenvalue weighted by atomic mass is 10.2. The summed E-state index contributed by atoms with van der Waals surface area (Å²) in [5.74, 6) is -2.45. The highest BCUT2D eigenvalue weighted by molar-refractivity contribution is 7.89. The minimum absolute atomic E-state index is 0.109. The van der Waals surface area contributed by atoms with Gasteiger partial charge in [-0.15, -0.1) is 0 Å². The Labute approximate surface area is 122 Å². The highest BCUT2D eigenvalue weighted by atomic mass is 32.2. The number of rotatable bonds is 6. The summed E-state index contributed by atoms with van der Waals surface area (Å²) in [4.78, 5) is 22.6. The van der Waals surface area contributed by atoms with Crippen molar-refractivity contribution >= 4 is 27.6 Å². The zero-order valence-corrected chi connectivity index (χ0v) is 12.2. The van der Waals surface area contributed by atoms with Crippen molar-refractivity contribution < 1.29 is 23.1 Å². The highest BCUT2D eigenvalue weighted by Gasteiger charge is 2.48. The zero-order valence-electron chi connectivity index (χ0n) is 11.4. The SMILES string of the molecule is CCNS(=O)(=O)c1ccc(NC(=O)[C@@H]2C[C@@H]2C(=O)O)cc1. The molecule has 0 spiro atoms. The van der Waals surface area contributed by atoms with Crippen molar-refractivity contribution in [1.29, 1.82) is 0 Å². The van der Waals surface area contributed by atoms with Crippen LogP contribution in [0.4, 0.5) is 5.69 Å². The molecule has 0 saturated heterocycles. The number of carbonyl (C=O) groups is 2. The topological polar surface area (TPSA) is 113 Å². The number of carbonyl (C=O) groups excluding carboxylic acids is 1. The molecule has 21 heavy (non-hydrogen) atoms. The molecule has 1 saturated carbocycles. The Morgan fingerprint density at radius 3 is 2.33 bits per heavy atom. The van der Waals surface area contributed by atoms with Crippen molar-refractivity contribution in [3.8, 4) is 0 Å². The van der Waals surface area contributed by atoms with Crippen molar-refractivity contribution in [1.82, 2.24) is 4.72 Å². The van der Waals surface area contributed by atoms with Crippen LogP contribution < -0.4 is 10.0 Å². The lowest BCUT2D eigenvalue weighted by Gasteiger charge is -2.07. The van der Waals surface area contributed by atoms with E-state index in [1.165, 1.54) is 24.3 Å². The number of sulfonamides is 1. The molecular weight excluding hydrogens is 296 g/mol. The zero-order chi connectivity index (χ0) is 15.6. The van der Waals surface area contributed by atoms with Crippen molar-refractivity contribution in [2.24, 2.45) is 11.8 Å². The molecule has 2 atom stereocenters. The molecule has 2 rings (SSSR count). The Morgan fingerprint density at radius 2 is 1.86 bits per heavy atom. The maximum absolute atomic E-state index is 11.8. The smallest absolute Gasteiger partial charge is 0.307 e. The summed E-state index contributed by atoms with van der Waals surface area (Å²) in [5.41, 5.74) is 0.437. The van der Waals surface area contributed by atoms with Crippen molar-refractivity contribution in [3.05, 3.63) is 24.3 Å². The molecule has 1 aliphatic carbocycles. The summed E-state index contributed by atoms with van der Waals surface area (Å²) in [5, 5.41) is 11.3. The number of carboxylic acids is 1. The standard InChI is InChI=1S/C13H16N2O5S/c1-2-14-21(19,20)9-5-3-8(4-6-9)15-12(16)10-7-11(10)13(17)18/h3-6,10-11,14H,2,7H2,1H3,(H,15,16)(H,17,18)/t10-,11+/m1/s1. The molecule has 1 aromatic rings. The molecule has 1 aliphatic rings. The van der Waals surface area contributed by atoms with Gasteiger partial charge in [-0.25, -0.2) is 13.1 Å². The molecular formula is C13H16N2O5S. The fourth-order valence-corrected chi connectivity index (χ4v) is 3.02. The second-order valence-electron chi connectivity index (χ2n) is 4.80. The molecule has 1 aromatic carbocycles. The fraction of sp³-hybridized carbons (Fsp3) is 0.385. The summed E-state index contributed by atoms with van der Waals surface area (Å²) in [6, 6.07) is 5.71. The first-order valence-electron chi connectivity index (χ1n) is 6.48. The molecule has 0 heterocycles. The lowest BCUT2D eigenvalue weighted by Crippen LogP contribution is -2.23. The van der Waals surface area contributed by atoms with E-state index < -0.39 is 27.8 Å². The van der Waals surface area contributed by atoms with E-state index in [-0.39, 0.29) is 10.8 Å². The largest absolute Gasteiger partial charge is 0.481 e. The van der Waals surface area contributed by atoms with E-state index in [0.29, 0.717) is 18.7 Å². The van der Waals surface area contributed by atoms with Gasteiger partial charge in [0, 0.05) is 12.2 Å². The monoisotopic (exact) mass is 312 g/mol. The average molecular weight is 312 g/mol. The van der Waals surface area contributed by atoms with Gasteiger partial charge in [-0.05, 0) is 30.7 Å². The molecule has 0 aromatic heterocycles. The summed E-state index contributed by atoms with van der Waals surface area (Å²) in [6.07, 6.45) is 0.341. The molecule has 114 valence electrons. The van der Waals surface area contributed by atoms with E-state index in [2.05, 4.69) is 10.0 Å². The lowest BCUT2D eigenvalue weighted by molar-refractivity contribution is -0.139. The van der Waals surface area contributed by atoms with Gasteiger partial charge in [0.25, 0.3) is 0 Å². The van der Waals surface area contributed by atoms with Crippen LogP contribution in [0.5, 0.6) is 0 Å². The van der Waals surface area contributed by atoms with E-state index >= 15 is 0 Å². The fourth-order valence-electron chi connectivity index (χ4n) is 1.98. The predicted octanol–water partition coefficient (Wildman–Crippen LogP) is 0.644. The summed E-state index contributed by atoms with van der Waals surface area (Å²) in [6.45, 7) is 1.97. The van der Waals surface area contributed by atoms with Gasteiger partial charge in [0.2, 0.25) is 15.9 Å². The summed E-state index contributed by atoms with van der Waals surface area (Å²) >= 11 is 0. The highest BCUT2D eigenvalue weighted by Crippen LogP contribution is 2.39. The van der Waals surface area contributed by atoms with Gasteiger partial charge in [-0.2, -0.15) is 0 Å². The van der Waals surface area contributed by atoms with Crippen LogP contribution in [-0.4, -0.2) is 31.9 Å². The Hall–Kier alpha value is -1.93. The van der Waals surface area contributed by atoms with Gasteiger partial charge in [-0.3, -0.25) is 9.59 Å². The Balaban J connectivity index is 2.00. The first kappa shape index (κ1) is 15.5. The second-order valence-corrected chi connectivity index (χ2v) is 6.57. The predicted molar refractivity (Wildman–Crippen MR) is 75.2 cm³/mol. The number of hydrogen-bond donors (Lipinski definition) is 3. The third-order valence-corrected chi connectivity index (χ3v) is 4.77. The quantitative estimate of drug-likeness (QED) is 0.713. The molecule has 0 aliphatic heterocycles. The van der Waals surface area contributed by atoms with Crippen LogP contribution in [0.2, 0.25) is 0 Å².